The summed E-state index contributed by atoms with van der Waals surface area (Å²) in [5.74, 6) is 1.45. The molecular formula is C18H24O2. The highest BCUT2D eigenvalue weighted by Crippen LogP contribution is 2.30. The number of hydrogen-bond donors (Lipinski definition) is 0. The van der Waals surface area contributed by atoms with Gasteiger partial charge in [-0.3, -0.25) is 0 Å². The lowest BCUT2D eigenvalue weighted by atomic mass is 9.80. The molecule has 1 aliphatic carbocycles. The van der Waals surface area contributed by atoms with E-state index in [9.17, 15) is 4.79 Å². The van der Waals surface area contributed by atoms with E-state index in [1.165, 1.54) is 50.9 Å². The van der Waals surface area contributed by atoms with Crippen LogP contribution in [0.3, 0.4) is 0 Å². The smallest absolute Gasteiger partial charge is 0.330 e. The molecule has 0 spiro atoms. The van der Waals surface area contributed by atoms with Crippen LogP contribution in [0.4, 0.5) is 0 Å². The average molecular weight is 272 g/mol. The van der Waals surface area contributed by atoms with Crippen molar-refractivity contribution < 1.29 is 9.53 Å². The van der Waals surface area contributed by atoms with Crippen molar-refractivity contribution in [1.29, 1.82) is 0 Å². The highest BCUT2D eigenvalue weighted by molar-refractivity contribution is 5.86. The molecule has 1 aromatic rings. The number of esters is 1. The summed E-state index contributed by atoms with van der Waals surface area (Å²) in [7, 11) is 1.39. The molecule has 2 rings (SSSR count). The SMILES string of the molecule is COC(=O)/C=C/c1ccc(CC2CCC(C)CC2)cc1. The van der Waals surface area contributed by atoms with E-state index in [2.05, 4.69) is 35.9 Å². The molecule has 1 fully saturated rings. The molecule has 0 radical (unpaired) electrons. The van der Waals surface area contributed by atoms with Gasteiger partial charge >= 0.3 is 5.97 Å². The van der Waals surface area contributed by atoms with E-state index in [-0.39, 0.29) is 5.97 Å². The maximum Gasteiger partial charge on any atom is 0.330 e. The number of rotatable bonds is 4. The Balaban J connectivity index is 1.88. The zero-order valence-corrected chi connectivity index (χ0v) is 12.5. The topological polar surface area (TPSA) is 26.3 Å². The zero-order chi connectivity index (χ0) is 14.4. The molecule has 0 unspecified atom stereocenters. The zero-order valence-electron chi connectivity index (χ0n) is 12.5. The molecular weight excluding hydrogens is 248 g/mol. The van der Waals surface area contributed by atoms with Crippen LogP contribution < -0.4 is 0 Å². The molecule has 0 aromatic heterocycles. The molecule has 2 heteroatoms. The van der Waals surface area contributed by atoms with Gasteiger partial charge in [0.1, 0.15) is 0 Å². The Kier molecular flexibility index (Phi) is 5.40. The van der Waals surface area contributed by atoms with Crippen LogP contribution >= 0.6 is 0 Å². The van der Waals surface area contributed by atoms with Gasteiger partial charge in [0.25, 0.3) is 0 Å². The van der Waals surface area contributed by atoms with Crippen molar-refractivity contribution in [3.8, 4) is 0 Å². The van der Waals surface area contributed by atoms with E-state index in [1.54, 1.807) is 6.08 Å². The summed E-state index contributed by atoms with van der Waals surface area (Å²) < 4.78 is 4.58. The first-order chi connectivity index (χ1) is 9.67. The lowest BCUT2D eigenvalue weighted by Gasteiger charge is -2.26. The molecule has 2 nitrogen and oxygen atoms in total. The van der Waals surface area contributed by atoms with E-state index in [4.69, 9.17) is 0 Å². The fourth-order valence-corrected chi connectivity index (χ4v) is 2.86. The second-order valence-electron chi connectivity index (χ2n) is 5.93. The molecule has 0 N–H and O–H groups in total. The minimum Gasteiger partial charge on any atom is -0.466 e. The summed E-state index contributed by atoms with van der Waals surface area (Å²) in [5, 5.41) is 0. The minimum atomic E-state index is -0.314. The molecule has 0 aliphatic heterocycles. The van der Waals surface area contributed by atoms with Gasteiger partial charge in [-0.1, -0.05) is 44.0 Å². The fourth-order valence-electron chi connectivity index (χ4n) is 2.86. The van der Waals surface area contributed by atoms with Gasteiger partial charge in [-0.05, 0) is 48.3 Å². The van der Waals surface area contributed by atoms with Gasteiger partial charge in [-0.25, -0.2) is 4.79 Å². The second-order valence-corrected chi connectivity index (χ2v) is 5.93. The van der Waals surface area contributed by atoms with Crippen LogP contribution in [-0.2, 0) is 16.0 Å². The quantitative estimate of drug-likeness (QED) is 0.605. The summed E-state index contributed by atoms with van der Waals surface area (Å²) in [4.78, 5) is 11.0. The third kappa shape index (κ3) is 4.52. The van der Waals surface area contributed by atoms with Crippen LogP contribution in [-0.4, -0.2) is 13.1 Å². The van der Waals surface area contributed by atoms with Gasteiger partial charge < -0.3 is 4.74 Å². The average Bonchev–Trinajstić information content (AvgIpc) is 2.48. The summed E-state index contributed by atoms with van der Waals surface area (Å²) in [6, 6.07) is 8.49. The van der Waals surface area contributed by atoms with Crippen LogP contribution in [0.5, 0.6) is 0 Å². The minimum absolute atomic E-state index is 0.314. The molecule has 1 aromatic carbocycles. The molecule has 0 atom stereocenters. The Morgan fingerprint density at radius 3 is 2.45 bits per heavy atom. The molecule has 0 heterocycles. The van der Waals surface area contributed by atoms with Crippen molar-refractivity contribution >= 4 is 12.0 Å². The van der Waals surface area contributed by atoms with Crippen molar-refractivity contribution in [3.05, 3.63) is 41.5 Å². The van der Waals surface area contributed by atoms with E-state index >= 15 is 0 Å². The van der Waals surface area contributed by atoms with Crippen LogP contribution in [0, 0.1) is 11.8 Å². The number of methoxy groups -OCH3 is 1. The van der Waals surface area contributed by atoms with Gasteiger partial charge in [0, 0.05) is 6.08 Å². The van der Waals surface area contributed by atoms with Crippen molar-refractivity contribution in [2.24, 2.45) is 11.8 Å². The van der Waals surface area contributed by atoms with E-state index in [1.807, 2.05) is 0 Å². The molecule has 0 bridgehead atoms. The van der Waals surface area contributed by atoms with Crippen LogP contribution in [0.25, 0.3) is 6.08 Å². The maximum absolute atomic E-state index is 11.0. The molecule has 1 saturated carbocycles. The predicted octanol–water partition coefficient (Wildman–Crippen LogP) is 4.24. The Bertz CT molecular complexity index is 451. The van der Waals surface area contributed by atoms with Gasteiger partial charge in [-0.15, -0.1) is 0 Å². The van der Waals surface area contributed by atoms with Gasteiger partial charge in [0.15, 0.2) is 0 Å². The maximum atomic E-state index is 11.0. The highest BCUT2D eigenvalue weighted by atomic mass is 16.5. The highest BCUT2D eigenvalue weighted by Gasteiger charge is 2.18. The lowest BCUT2D eigenvalue weighted by Crippen LogP contribution is -2.14. The first-order valence-corrected chi connectivity index (χ1v) is 7.52. The third-order valence-electron chi connectivity index (χ3n) is 4.25. The second kappa shape index (κ2) is 7.28. The molecule has 108 valence electrons. The van der Waals surface area contributed by atoms with Crippen LogP contribution in [0.1, 0.15) is 43.7 Å². The van der Waals surface area contributed by atoms with Crippen molar-refractivity contribution in [1.82, 2.24) is 0 Å². The number of carbonyl (C=O) groups excluding carboxylic acids is 1. The van der Waals surface area contributed by atoms with E-state index in [0.717, 1.165) is 17.4 Å². The Labute approximate surface area is 121 Å². The number of benzene rings is 1. The number of hydrogen-bond acceptors (Lipinski definition) is 2. The number of ether oxygens (including phenoxy) is 1. The van der Waals surface area contributed by atoms with Crippen molar-refractivity contribution in [3.63, 3.8) is 0 Å². The summed E-state index contributed by atoms with van der Waals surface area (Å²) in [6.07, 6.45) is 9.93. The predicted molar refractivity (Wildman–Crippen MR) is 82.3 cm³/mol. The van der Waals surface area contributed by atoms with E-state index < -0.39 is 0 Å². The Hall–Kier alpha value is -1.57. The fraction of sp³-hybridized carbons (Fsp3) is 0.500. The summed E-state index contributed by atoms with van der Waals surface area (Å²) >= 11 is 0. The molecule has 0 saturated heterocycles. The normalized spacial score (nSPS) is 22.9. The van der Waals surface area contributed by atoms with Crippen LogP contribution in [0.15, 0.2) is 30.3 Å². The number of carbonyl (C=O) groups is 1. The lowest BCUT2D eigenvalue weighted by molar-refractivity contribution is -0.134. The first-order valence-electron chi connectivity index (χ1n) is 7.52. The van der Waals surface area contributed by atoms with Gasteiger partial charge in [0.05, 0.1) is 7.11 Å². The van der Waals surface area contributed by atoms with E-state index in [0.29, 0.717) is 0 Å². The molecule has 20 heavy (non-hydrogen) atoms. The van der Waals surface area contributed by atoms with Gasteiger partial charge in [0.2, 0.25) is 0 Å². The van der Waals surface area contributed by atoms with Crippen molar-refractivity contribution in [2.45, 2.75) is 39.0 Å². The monoisotopic (exact) mass is 272 g/mol. The first kappa shape index (κ1) is 14.8. The standard InChI is InChI=1S/C18H24O2/c1-14-3-5-16(6-4-14)13-17-9-7-15(8-10-17)11-12-18(19)20-2/h7-12,14,16H,3-6,13H2,1-2H3/b12-11+. The molecule has 0 amide bonds. The Morgan fingerprint density at radius 1 is 1.20 bits per heavy atom. The Morgan fingerprint density at radius 2 is 1.85 bits per heavy atom. The molecule has 1 aliphatic rings. The summed E-state index contributed by atoms with van der Waals surface area (Å²) in [5.41, 5.74) is 2.44. The summed E-state index contributed by atoms with van der Waals surface area (Å²) in [6.45, 7) is 2.36. The third-order valence-corrected chi connectivity index (χ3v) is 4.25. The van der Waals surface area contributed by atoms with Gasteiger partial charge in [-0.2, -0.15) is 0 Å². The largest absolute Gasteiger partial charge is 0.466 e. The van der Waals surface area contributed by atoms with Crippen molar-refractivity contribution in [2.75, 3.05) is 7.11 Å². The van der Waals surface area contributed by atoms with Crippen LogP contribution in [0.2, 0.25) is 0 Å².